The van der Waals surface area contributed by atoms with Gasteiger partial charge in [0.2, 0.25) is 23.6 Å². The van der Waals surface area contributed by atoms with Crippen molar-refractivity contribution in [2.24, 2.45) is 11.8 Å². The second-order valence-electron chi connectivity index (χ2n) is 9.12. The lowest BCUT2D eigenvalue weighted by Gasteiger charge is -2.31. The molecule has 4 N–H and O–H groups in total. The highest BCUT2D eigenvalue weighted by atomic mass is 16.2. The van der Waals surface area contributed by atoms with Gasteiger partial charge in [0.25, 0.3) is 0 Å². The van der Waals surface area contributed by atoms with Gasteiger partial charge in [-0.15, -0.1) is 0 Å². The van der Waals surface area contributed by atoms with Crippen LogP contribution in [-0.4, -0.2) is 78.6 Å². The molecule has 182 valence electrons. The predicted octanol–water partition coefficient (Wildman–Crippen LogP) is -0.426. The Hall–Kier alpha value is -2.49. The molecule has 1 heterocycles. The van der Waals surface area contributed by atoms with Crippen LogP contribution in [0.5, 0.6) is 0 Å². The number of carbonyl (C=O) groups is 5. The molecule has 10 heteroatoms. The largest absolute Gasteiger partial charge is 0.347 e. The normalized spacial score (nSPS) is 16.9. The van der Waals surface area contributed by atoms with E-state index in [-0.39, 0.29) is 61.2 Å². The summed E-state index contributed by atoms with van der Waals surface area (Å²) in [6.07, 6.45) is 1.26. The molecule has 0 aromatic rings. The van der Waals surface area contributed by atoms with Gasteiger partial charge in [-0.3, -0.25) is 24.0 Å². The third-order valence-electron chi connectivity index (χ3n) is 5.26. The van der Waals surface area contributed by atoms with Crippen molar-refractivity contribution < 1.29 is 24.0 Å². The summed E-state index contributed by atoms with van der Waals surface area (Å²) in [6.45, 7) is 11.2. The fraction of sp³-hybridized carbons (Fsp3) is 0.773. The van der Waals surface area contributed by atoms with E-state index >= 15 is 0 Å². The zero-order chi connectivity index (χ0) is 24.4. The minimum atomic E-state index is -0.615. The quantitative estimate of drug-likeness (QED) is 0.317. The van der Waals surface area contributed by atoms with Gasteiger partial charge in [-0.2, -0.15) is 0 Å². The molecular weight excluding hydrogens is 414 g/mol. The van der Waals surface area contributed by atoms with Crippen molar-refractivity contribution in [1.82, 2.24) is 26.2 Å². The predicted molar refractivity (Wildman–Crippen MR) is 121 cm³/mol. The van der Waals surface area contributed by atoms with Gasteiger partial charge in [0.15, 0.2) is 5.78 Å². The highest BCUT2D eigenvalue weighted by Gasteiger charge is 2.38. The molecule has 0 bridgehead atoms. The molecule has 1 fully saturated rings. The second-order valence-corrected chi connectivity index (χ2v) is 9.12. The number of hydrogen-bond donors (Lipinski definition) is 4. The van der Waals surface area contributed by atoms with Crippen molar-refractivity contribution in [2.75, 3.05) is 26.2 Å². The molecule has 0 aromatic carbocycles. The van der Waals surface area contributed by atoms with Gasteiger partial charge >= 0.3 is 0 Å². The van der Waals surface area contributed by atoms with Crippen molar-refractivity contribution >= 4 is 29.4 Å². The second kappa shape index (κ2) is 13.1. The van der Waals surface area contributed by atoms with E-state index in [0.717, 1.165) is 6.42 Å². The Labute approximate surface area is 190 Å². The molecule has 4 amide bonds. The van der Waals surface area contributed by atoms with Crippen molar-refractivity contribution in [3.63, 3.8) is 0 Å². The van der Waals surface area contributed by atoms with E-state index in [1.165, 1.54) is 0 Å². The maximum absolute atomic E-state index is 13.0. The fourth-order valence-corrected chi connectivity index (χ4v) is 3.37. The van der Waals surface area contributed by atoms with Crippen LogP contribution >= 0.6 is 0 Å². The maximum atomic E-state index is 13.0. The summed E-state index contributed by atoms with van der Waals surface area (Å²) in [6, 6.07) is -0.866. The van der Waals surface area contributed by atoms with E-state index in [1.54, 1.807) is 18.7 Å². The molecule has 32 heavy (non-hydrogen) atoms. The summed E-state index contributed by atoms with van der Waals surface area (Å²) in [4.78, 5) is 62.5. The minimum absolute atomic E-state index is 0.0713. The average molecular weight is 454 g/mol. The summed E-state index contributed by atoms with van der Waals surface area (Å²) in [5, 5.41) is 10.7. The molecule has 1 saturated heterocycles. The van der Waals surface area contributed by atoms with Crippen LogP contribution < -0.4 is 21.3 Å². The van der Waals surface area contributed by atoms with Gasteiger partial charge < -0.3 is 26.2 Å². The van der Waals surface area contributed by atoms with Gasteiger partial charge in [0, 0.05) is 18.5 Å². The number of amides is 4. The third kappa shape index (κ3) is 8.94. The Kier molecular flexibility index (Phi) is 11.3. The van der Waals surface area contributed by atoms with Crippen LogP contribution in [0.1, 0.15) is 54.4 Å². The van der Waals surface area contributed by atoms with Gasteiger partial charge in [-0.05, 0) is 18.8 Å². The molecule has 0 aliphatic carbocycles. The molecule has 1 rings (SSSR count). The molecule has 0 spiro atoms. The molecule has 0 saturated carbocycles. The van der Waals surface area contributed by atoms with E-state index in [0.29, 0.717) is 13.0 Å². The first-order valence-corrected chi connectivity index (χ1v) is 11.3. The number of ketones is 1. The van der Waals surface area contributed by atoms with Gasteiger partial charge in [0.1, 0.15) is 6.04 Å². The maximum Gasteiger partial charge on any atom is 0.243 e. The molecule has 10 nitrogen and oxygen atoms in total. The first-order chi connectivity index (χ1) is 14.9. The Bertz CT molecular complexity index is 692. The first-order valence-electron chi connectivity index (χ1n) is 11.3. The topological polar surface area (TPSA) is 137 Å². The zero-order valence-electron chi connectivity index (χ0n) is 20.1. The summed E-state index contributed by atoms with van der Waals surface area (Å²) in [5.74, 6) is -1.71. The number of carbonyl (C=O) groups excluding carboxylic acids is 5. The van der Waals surface area contributed by atoms with Crippen LogP contribution in [0, 0.1) is 11.8 Å². The summed E-state index contributed by atoms with van der Waals surface area (Å²) >= 11 is 0. The van der Waals surface area contributed by atoms with E-state index in [4.69, 9.17) is 0 Å². The summed E-state index contributed by atoms with van der Waals surface area (Å²) in [5.41, 5.74) is 0. The van der Waals surface area contributed by atoms with Crippen LogP contribution in [0.15, 0.2) is 0 Å². The fourth-order valence-electron chi connectivity index (χ4n) is 3.37. The number of hydrogen-bond acceptors (Lipinski definition) is 6. The molecule has 1 aliphatic rings. The van der Waals surface area contributed by atoms with Crippen molar-refractivity contribution in [2.45, 2.75) is 72.5 Å². The lowest BCUT2D eigenvalue weighted by molar-refractivity contribution is -0.141. The van der Waals surface area contributed by atoms with Crippen molar-refractivity contribution in [3.05, 3.63) is 0 Å². The van der Waals surface area contributed by atoms with E-state index in [2.05, 4.69) is 21.3 Å². The minimum Gasteiger partial charge on any atom is -0.347 e. The molecule has 2 atom stereocenters. The Morgan fingerprint density at radius 3 is 1.94 bits per heavy atom. The molecule has 0 unspecified atom stereocenters. The Morgan fingerprint density at radius 2 is 1.41 bits per heavy atom. The SMILES string of the molecule is CC(C)N[C@H](C(=O)N1CCC[C@H]1C(=O)NCC(=O)NCC(=O)NCC(=O)C(C)C)C(C)C. The average Bonchev–Trinajstić information content (AvgIpc) is 3.21. The Morgan fingerprint density at radius 1 is 0.844 bits per heavy atom. The van der Waals surface area contributed by atoms with E-state index < -0.39 is 17.9 Å². The van der Waals surface area contributed by atoms with Crippen LogP contribution in [-0.2, 0) is 24.0 Å². The number of Topliss-reactive ketones (excluding diaryl/α,β-unsaturated/α-hetero) is 1. The summed E-state index contributed by atoms with van der Waals surface area (Å²) < 4.78 is 0. The number of nitrogens with zero attached hydrogens (tertiary/aromatic N) is 1. The van der Waals surface area contributed by atoms with Crippen LogP contribution in [0.3, 0.4) is 0 Å². The first kappa shape index (κ1) is 27.5. The lowest BCUT2D eigenvalue weighted by Crippen LogP contribution is -2.55. The van der Waals surface area contributed by atoms with Crippen LogP contribution in [0.25, 0.3) is 0 Å². The molecule has 0 radical (unpaired) electrons. The number of rotatable bonds is 12. The summed E-state index contributed by atoms with van der Waals surface area (Å²) in [7, 11) is 0. The smallest absolute Gasteiger partial charge is 0.243 e. The van der Waals surface area contributed by atoms with Gasteiger partial charge in [-0.25, -0.2) is 0 Å². The zero-order valence-corrected chi connectivity index (χ0v) is 20.1. The standard InChI is InChI=1S/C22H39N5O5/c1-13(2)17(28)10-23-18(29)11-24-19(30)12-25-21(31)16-8-7-9-27(16)22(32)20(14(3)4)26-15(5)6/h13-16,20,26H,7-12H2,1-6H3,(H,23,29)(H,24,30)(H,25,31)/t16-,20-/m0/s1. The third-order valence-corrected chi connectivity index (χ3v) is 5.26. The highest BCUT2D eigenvalue weighted by molar-refractivity contribution is 5.93. The number of nitrogens with one attached hydrogen (secondary N) is 4. The Balaban J connectivity index is 2.50. The monoisotopic (exact) mass is 453 g/mol. The van der Waals surface area contributed by atoms with Crippen molar-refractivity contribution in [3.8, 4) is 0 Å². The van der Waals surface area contributed by atoms with Crippen molar-refractivity contribution in [1.29, 1.82) is 0 Å². The molecule has 1 aliphatic heterocycles. The molecule has 0 aromatic heterocycles. The van der Waals surface area contributed by atoms with Gasteiger partial charge in [-0.1, -0.05) is 41.5 Å². The van der Waals surface area contributed by atoms with E-state index in [1.807, 2.05) is 27.7 Å². The van der Waals surface area contributed by atoms with Crippen LogP contribution in [0.4, 0.5) is 0 Å². The molecular formula is C22H39N5O5. The van der Waals surface area contributed by atoms with Crippen LogP contribution in [0.2, 0.25) is 0 Å². The number of likely N-dealkylation sites (tertiary alicyclic amines) is 1. The van der Waals surface area contributed by atoms with Gasteiger partial charge in [0.05, 0.1) is 25.7 Å². The highest BCUT2D eigenvalue weighted by Crippen LogP contribution is 2.20. The lowest BCUT2D eigenvalue weighted by atomic mass is 10.0. The van der Waals surface area contributed by atoms with E-state index in [9.17, 15) is 24.0 Å².